The van der Waals surface area contributed by atoms with Gasteiger partial charge in [-0.3, -0.25) is 19.2 Å². The Kier molecular flexibility index (Phi) is 6.63. The Morgan fingerprint density at radius 3 is 1.73 bits per heavy atom. The molecule has 0 radical (unpaired) electrons. The van der Waals surface area contributed by atoms with Crippen molar-refractivity contribution in [3.8, 4) is 0 Å². The highest BCUT2D eigenvalue weighted by molar-refractivity contribution is 6.56. The standard InChI is InChI=1S/C27H9Cl7N2O4/c1-7-16(28)14-15(20(32)17(7)29)27(40)36(26(14)39)10-4-2-3-8-5-6-9(35-23(8)10)11-24(37)12-13(25(11)38)19(31)22(34)21(33)18(12)30/h2-6,11H,1H3. The van der Waals surface area contributed by atoms with Gasteiger partial charge in [0.15, 0.2) is 11.6 Å². The Bertz CT molecular complexity index is 1850. The summed E-state index contributed by atoms with van der Waals surface area (Å²) in [5.74, 6) is -4.23. The first-order valence-electron chi connectivity index (χ1n) is 11.3. The second-order valence-corrected chi connectivity index (χ2v) is 11.7. The Labute approximate surface area is 260 Å². The van der Waals surface area contributed by atoms with Crippen LogP contribution in [-0.2, 0) is 0 Å². The third-order valence-electron chi connectivity index (χ3n) is 6.92. The lowest BCUT2D eigenvalue weighted by Crippen LogP contribution is -2.30. The summed E-state index contributed by atoms with van der Waals surface area (Å²) >= 11 is 43.8. The monoisotopic (exact) mass is 670 g/mol. The molecule has 1 aliphatic carbocycles. The van der Waals surface area contributed by atoms with Crippen LogP contribution in [0.15, 0.2) is 30.3 Å². The largest absolute Gasteiger partial charge is 0.293 e. The fraction of sp³-hybridized carbons (Fsp3) is 0.0741. The second kappa shape index (κ2) is 9.57. The van der Waals surface area contributed by atoms with Gasteiger partial charge in [0.2, 0.25) is 0 Å². The second-order valence-electron chi connectivity index (χ2n) is 9.02. The van der Waals surface area contributed by atoms with Crippen molar-refractivity contribution < 1.29 is 19.2 Å². The van der Waals surface area contributed by atoms with Crippen molar-refractivity contribution in [2.24, 2.45) is 0 Å². The minimum Gasteiger partial charge on any atom is -0.293 e. The molecule has 0 spiro atoms. The quantitative estimate of drug-likeness (QED) is 0.0918. The van der Waals surface area contributed by atoms with Crippen molar-refractivity contribution in [2.45, 2.75) is 12.8 Å². The van der Waals surface area contributed by atoms with Crippen LogP contribution in [-0.4, -0.2) is 28.4 Å². The third-order valence-corrected chi connectivity index (χ3v) is 10.1. The number of pyridine rings is 1. The van der Waals surface area contributed by atoms with E-state index < -0.39 is 29.3 Å². The van der Waals surface area contributed by atoms with E-state index in [9.17, 15) is 19.2 Å². The molecular formula is C27H9Cl7N2O4. The molecule has 0 atom stereocenters. The molecule has 6 nitrogen and oxygen atoms in total. The molecule has 200 valence electrons. The lowest BCUT2D eigenvalue weighted by atomic mass is 9.98. The number of Topliss-reactive ketones (excluding diaryl/α,β-unsaturated/α-hetero) is 2. The van der Waals surface area contributed by atoms with Gasteiger partial charge in [0.05, 0.1) is 74.3 Å². The van der Waals surface area contributed by atoms with Crippen molar-refractivity contribution in [3.63, 3.8) is 0 Å². The molecule has 0 unspecified atom stereocenters. The lowest BCUT2D eigenvalue weighted by Gasteiger charge is -2.17. The molecule has 0 saturated carbocycles. The van der Waals surface area contributed by atoms with Gasteiger partial charge in [-0.15, -0.1) is 0 Å². The molecule has 1 aliphatic heterocycles. The number of imide groups is 1. The molecular weight excluding hydrogens is 664 g/mol. The van der Waals surface area contributed by atoms with Gasteiger partial charge in [0.1, 0.15) is 5.92 Å². The Morgan fingerprint density at radius 1 is 0.625 bits per heavy atom. The zero-order chi connectivity index (χ0) is 28.9. The number of para-hydroxylation sites is 1. The predicted octanol–water partition coefficient (Wildman–Crippen LogP) is 9.08. The van der Waals surface area contributed by atoms with E-state index in [1.165, 1.54) is 12.1 Å². The number of fused-ring (bicyclic) bond motifs is 3. The van der Waals surface area contributed by atoms with E-state index in [0.29, 0.717) is 10.9 Å². The van der Waals surface area contributed by atoms with E-state index in [0.717, 1.165) is 4.90 Å². The number of benzene rings is 3. The number of rotatable bonds is 2. The fourth-order valence-electron chi connectivity index (χ4n) is 4.97. The molecule has 1 aromatic heterocycles. The number of hydrogen-bond donors (Lipinski definition) is 0. The summed E-state index contributed by atoms with van der Waals surface area (Å²) in [6.07, 6.45) is 0. The molecule has 0 fully saturated rings. The normalized spacial score (nSPS) is 15.1. The first-order valence-corrected chi connectivity index (χ1v) is 13.9. The first-order chi connectivity index (χ1) is 18.9. The molecule has 2 aliphatic rings. The molecule has 2 amide bonds. The highest BCUT2D eigenvalue weighted by Crippen LogP contribution is 2.48. The maximum Gasteiger partial charge on any atom is 0.267 e. The van der Waals surface area contributed by atoms with Crippen LogP contribution in [0.3, 0.4) is 0 Å². The van der Waals surface area contributed by atoms with Gasteiger partial charge in [0, 0.05) is 5.39 Å². The number of nitrogens with zero attached hydrogens (tertiary/aromatic N) is 2. The molecule has 2 heterocycles. The summed E-state index contributed by atoms with van der Waals surface area (Å²) in [6, 6.07) is 7.90. The predicted molar refractivity (Wildman–Crippen MR) is 157 cm³/mol. The van der Waals surface area contributed by atoms with Gasteiger partial charge in [-0.2, -0.15) is 0 Å². The average molecular weight is 674 g/mol. The smallest absolute Gasteiger partial charge is 0.267 e. The maximum absolute atomic E-state index is 13.5. The van der Waals surface area contributed by atoms with Gasteiger partial charge in [-0.05, 0) is 24.6 Å². The van der Waals surface area contributed by atoms with Crippen LogP contribution < -0.4 is 4.90 Å². The highest BCUT2D eigenvalue weighted by atomic mass is 35.5. The molecule has 3 aromatic carbocycles. The first kappa shape index (κ1) is 27.7. The van der Waals surface area contributed by atoms with E-state index >= 15 is 0 Å². The Balaban J connectivity index is 1.52. The Morgan fingerprint density at radius 2 is 1.15 bits per heavy atom. The summed E-state index contributed by atoms with van der Waals surface area (Å²) in [5.41, 5.74) is 0.127. The van der Waals surface area contributed by atoms with Crippen LogP contribution >= 0.6 is 81.2 Å². The van der Waals surface area contributed by atoms with E-state index in [1.807, 2.05) is 0 Å². The zero-order valence-electron chi connectivity index (χ0n) is 19.6. The van der Waals surface area contributed by atoms with Gasteiger partial charge in [0.25, 0.3) is 11.8 Å². The van der Waals surface area contributed by atoms with Crippen molar-refractivity contribution in [1.29, 1.82) is 0 Å². The van der Waals surface area contributed by atoms with Crippen LogP contribution in [0.4, 0.5) is 5.69 Å². The van der Waals surface area contributed by atoms with Gasteiger partial charge in [-0.1, -0.05) is 99.4 Å². The zero-order valence-corrected chi connectivity index (χ0v) is 24.9. The van der Waals surface area contributed by atoms with Crippen LogP contribution in [0.25, 0.3) is 10.9 Å². The van der Waals surface area contributed by atoms with Crippen LogP contribution in [0.2, 0.25) is 35.2 Å². The van der Waals surface area contributed by atoms with Crippen molar-refractivity contribution in [3.05, 3.63) is 99.0 Å². The SMILES string of the molecule is Cc1c(Cl)c(Cl)c2c(c1Cl)C(=O)N(c1cccc3ccc(C4C(=O)c5c(Cl)c(Cl)c(Cl)c(Cl)c5C4=O)nc13)C2=O. The van der Waals surface area contributed by atoms with Crippen LogP contribution in [0, 0.1) is 6.92 Å². The number of carbonyl (C=O) groups is 4. The Hall–Kier alpha value is -2.42. The molecule has 0 N–H and O–H groups in total. The van der Waals surface area contributed by atoms with Gasteiger partial charge >= 0.3 is 0 Å². The summed E-state index contributed by atoms with van der Waals surface area (Å²) in [6.45, 7) is 1.58. The summed E-state index contributed by atoms with van der Waals surface area (Å²) in [4.78, 5) is 59.4. The van der Waals surface area contributed by atoms with E-state index in [-0.39, 0.29) is 74.3 Å². The molecule has 0 saturated heterocycles. The van der Waals surface area contributed by atoms with Crippen molar-refractivity contribution in [1.82, 2.24) is 4.98 Å². The van der Waals surface area contributed by atoms with E-state index in [2.05, 4.69) is 4.98 Å². The summed E-state index contributed by atoms with van der Waals surface area (Å²) < 4.78 is 0. The van der Waals surface area contributed by atoms with Crippen molar-refractivity contribution in [2.75, 3.05) is 4.90 Å². The molecule has 0 bridgehead atoms. The minimum atomic E-state index is -1.41. The number of hydrogen-bond acceptors (Lipinski definition) is 5. The number of anilines is 1. The summed E-state index contributed by atoms with van der Waals surface area (Å²) in [7, 11) is 0. The average Bonchev–Trinajstić information content (AvgIpc) is 3.35. The molecule has 13 heteroatoms. The molecule has 6 rings (SSSR count). The minimum absolute atomic E-state index is 0.00475. The van der Waals surface area contributed by atoms with E-state index in [1.54, 1.807) is 25.1 Å². The number of amides is 2. The number of halogens is 7. The lowest BCUT2D eigenvalue weighted by molar-refractivity contribution is 0.0882. The molecule has 4 aromatic rings. The van der Waals surface area contributed by atoms with Crippen LogP contribution in [0.5, 0.6) is 0 Å². The van der Waals surface area contributed by atoms with Gasteiger partial charge in [-0.25, -0.2) is 9.88 Å². The number of carbonyl (C=O) groups excluding carboxylic acids is 4. The van der Waals surface area contributed by atoms with E-state index in [4.69, 9.17) is 81.2 Å². The summed E-state index contributed by atoms with van der Waals surface area (Å²) in [5, 5.41) is -0.209. The van der Waals surface area contributed by atoms with Crippen LogP contribution in [0.1, 0.15) is 58.6 Å². The number of aromatic nitrogens is 1. The fourth-order valence-corrected chi connectivity index (χ4v) is 6.84. The van der Waals surface area contributed by atoms with Gasteiger partial charge < -0.3 is 0 Å². The maximum atomic E-state index is 13.5. The third kappa shape index (κ3) is 3.61. The van der Waals surface area contributed by atoms with Crippen molar-refractivity contribution >= 4 is 121 Å². The topological polar surface area (TPSA) is 84.4 Å². The molecule has 40 heavy (non-hydrogen) atoms. The number of ketones is 2. The highest BCUT2D eigenvalue weighted by Gasteiger charge is 2.46.